The lowest BCUT2D eigenvalue weighted by atomic mass is 10.1. The fourth-order valence-corrected chi connectivity index (χ4v) is 1.84. The predicted octanol–water partition coefficient (Wildman–Crippen LogP) is 2.71. The van der Waals surface area contributed by atoms with Gasteiger partial charge in [-0.25, -0.2) is 4.98 Å². The fraction of sp³-hybridized carbons (Fsp3) is 0.308. The van der Waals surface area contributed by atoms with E-state index in [0.717, 1.165) is 17.1 Å². The lowest BCUT2D eigenvalue weighted by Crippen LogP contribution is -2.06. The van der Waals surface area contributed by atoms with Crippen molar-refractivity contribution >= 4 is 0 Å². The summed E-state index contributed by atoms with van der Waals surface area (Å²) < 4.78 is 0. The first-order chi connectivity index (χ1) is 7.56. The van der Waals surface area contributed by atoms with E-state index >= 15 is 0 Å². The number of aromatic nitrogens is 2. The van der Waals surface area contributed by atoms with E-state index in [1.165, 1.54) is 11.1 Å². The average molecular weight is 215 g/mol. The van der Waals surface area contributed by atoms with Gasteiger partial charge in [0.25, 0.3) is 0 Å². The highest BCUT2D eigenvalue weighted by Gasteiger charge is 2.06. The largest absolute Gasteiger partial charge is 0.341 e. The van der Waals surface area contributed by atoms with Gasteiger partial charge in [0.05, 0.1) is 17.9 Å². The number of aromatic amines is 1. The van der Waals surface area contributed by atoms with Crippen LogP contribution in [-0.4, -0.2) is 9.97 Å². The molecule has 1 unspecified atom stereocenters. The van der Waals surface area contributed by atoms with Crippen LogP contribution in [0.2, 0.25) is 0 Å². The van der Waals surface area contributed by atoms with Gasteiger partial charge in [-0.2, -0.15) is 0 Å². The number of nitrogens with one attached hydrogen (secondary N) is 1. The van der Waals surface area contributed by atoms with Crippen molar-refractivity contribution in [2.75, 3.05) is 0 Å². The Morgan fingerprint density at radius 3 is 2.31 bits per heavy atom. The predicted molar refractivity (Wildman–Crippen MR) is 66.1 cm³/mol. The molecule has 0 saturated carbocycles. The molecule has 3 heteroatoms. The summed E-state index contributed by atoms with van der Waals surface area (Å²) in [5, 5.41) is 0. The fourth-order valence-electron chi connectivity index (χ4n) is 1.84. The third kappa shape index (κ3) is 2.14. The molecule has 0 aliphatic rings. The normalized spacial score (nSPS) is 12.8. The first kappa shape index (κ1) is 10.9. The lowest BCUT2D eigenvalue weighted by molar-refractivity contribution is 0.756. The summed E-state index contributed by atoms with van der Waals surface area (Å²) in [6.45, 7) is 6.11. The van der Waals surface area contributed by atoms with E-state index in [2.05, 4.69) is 42.0 Å². The summed E-state index contributed by atoms with van der Waals surface area (Å²) in [6.07, 6.45) is 1.84. The molecule has 0 aliphatic heterocycles. The summed E-state index contributed by atoms with van der Waals surface area (Å²) >= 11 is 0. The van der Waals surface area contributed by atoms with Crippen LogP contribution in [0.15, 0.2) is 24.4 Å². The Hall–Kier alpha value is -1.61. The minimum Gasteiger partial charge on any atom is -0.341 e. The summed E-state index contributed by atoms with van der Waals surface area (Å²) in [4.78, 5) is 7.52. The molecule has 1 aromatic heterocycles. The number of aryl methyl sites for hydroxylation is 2. The summed E-state index contributed by atoms with van der Waals surface area (Å²) in [5.41, 5.74) is 10.5. The highest BCUT2D eigenvalue weighted by Crippen LogP contribution is 2.21. The zero-order valence-electron chi connectivity index (χ0n) is 9.91. The molecule has 0 bridgehead atoms. The number of nitrogens with zero attached hydrogens (tertiary/aromatic N) is 1. The molecule has 1 heterocycles. The van der Waals surface area contributed by atoms with Gasteiger partial charge in [-0.3, -0.25) is 0 Å². The van der Waals surface area contributed by atoms with Gasteiger partial charge in [-0.1, -0.05) is 17.2 Å². The molecular formula is C13H17N3. The Labute approximate surface area is 95.7 Å². The van der Waals surface area contributed by atoms with Crippen molar-refractivity contribution in [3.63, 3.8) is 0 Å². The molecule has 3 nitrogen and oxygen atoms in total. The number of nitrogens with two attached hydrogens (primary N) is 1. The van der Waals surface area contributed by atoms with E-state index < -0.39 is 0 Å². The second-order valence-corrected chi connectivity index (χ2v) is 4.35. The molecule has 0 radical (unpaired) electrons. The average Bonchev–Trinajstić information content (AvgIpc) is 2.64. The van der Waals surface area contributed by atoms with Crippen LogP contribution < -0.4 is 5.73 Å². The molecule has 0 spiro atoms. The zero-order valence-corrected chi connectivity index (χ0v) is 9.91. The van der Waals surface area contributed by atoms with Gasteiger partial charge in [0, 0.05) is 5.56 Å². The number of hydrogen-bond acceptors (Lipinski definition) is 2. The van der Waals surface area contributed by atoms with Crippen LogP contribution in [0.4, 0.5) is 0 Å². The third-order valence-corrected chi connectivity index (χ3v) is 2.56. The Morgan fingerprint density at radius 1 is 1.19 bits per heavy atom. The number of rotatable bonds is 2. The van der Waals surface area contributed by atoms with Crippen LogP contribution in [0.3, 0.4) is 0 Å². The molecule has 2 aromatic rings. The van der Waals surface area contributed by atoms with E-state index in [9.17, 15) is 0 Å². The number of H-pyrrole nitrogens is 1. The summed E-state index contributed by atoms with van der Waals surface area (Å²) in [6, 6.07) is 6.39. The molecule has 1 aromatic carbocycles. The maximum absolute atomic E-state index is 5.77. The van der Waals surface area contributed by atoms with E-state index in [4.69, 9.17) is 5.73 Å². The van der Waals surface area contributed by atoms with Crippen LogP contribution in [-0.2, 0) is 0 Å². The molecule has 3 N–H and O–H groups in total. The van der Waals surface area contributed by atoms with Crippen LogP contribution >= 0.6 is 0 Å². The van der Waals surface area contributed by atoms with Crippen LogP contribution in [0.25, 0.3) is 11.3 Å². The van der Waals surface area contributed by atoms with Crippen molar-refractivity contribution < 1.29 is 0 Å². The lowest BCUT2D eigenvalue weighted by Gasteiger charge is -2.03. The van der Waals surface area contributed by atoms with Crippen LogP contribution in [0.1, 0.15) is 29.9 Å². The smallest absolute Gasteiger partial charge is 0.123 e. The van der Waals surface area contributed by atoms with E-state index in [1.54, 1.807) is 0 Å². The first-order valence-electron chi connectivity index (χ1n) is 5.45. The molecule has 2 rings (SSSR count). The Balaban J connectivity index is 2.42. The molecule has 16 heavy (non-hydrogen) atoms. The molecule has 0 fully saturated rings. The molecule has 0 aliphatic carbocycles. The van der Waals surface area contributed by atoms with Gasteiger partial charge in [0.2, 0.25) is 0 Å². The number of benzene rings is 1. The summed E-state index contributed by atoms with van der Waals surface area (Å²) in [7, 11) is 0. The van der Waals surface area contributed by atoms with Crippen molar-refractivity contribution in [1.29, 1.82) is 0 Å². The standard InChI is InChI=1S/C13H17N3/c1-8-4-9(2)6-11(5-8)12-7-15-13(16-12)10(3)14/h4-7,10H,14H2,1-3H3,(H,15,16). The number of imidazole rings is 1. The van der Waals surface area contributed by atoms with E-state index in [-0.39, 0.29) is 6.04 Å². The van der Waals surface area contributed by atoms with Gasteiger partial charge in [0.15, 0.2) is 0 Å². The Morgan fingerprint density at radius 2 is 1.81 bits per heavy atom. The van der Waals surface area contributed by atoms with Crippen molar-refractivity contribution in [3.8, 4) is 11.3 Å². The van der Waals surface area contributed by atoms with Gasteiger partial charge in [-0.05, 0) is 32.9 Å². The van der Waals surface area contributed by atoms with Crippen LogP contribution in [0, 0.1) is 13.8 Å². The van der Waals surface area contributed by atoms with Crippen molar-refractivity contribution in [2.45, 2.75) is 26.8 Å². The SMILES string of the molecule is Cc1cc(C)cc(-c2cnc(C(C)N)[nH]2)c1. The van der Waals surface area contributed by atoms with Gasteiger partial charge in [0.1, 0.15) is 5.82 Å². The Bertz CT molecular complexity index is 477. The minimum atomic E-state index is -0.0559. The number of hydrogen-bond donors (Lipinski definition) is 2. The monoisotopic (exact) mass is 215 g/mol. The van der Waals surface area contributed by atoms with Crippen molar-refractivity contribution in [1.82, 2.24) is 9.97 Å². The third-order valence-electron chi connectivity index (χ3n) is 2.56. The van der Waals surface area contributed by atoms with Crippen LogP contribution in [0.5, 0.6) is 0 Å². The van der Waals surface area contributed by atoms with Gasteiger partial charge >= 0.3 is 0 Å². The molecule has 84 valence electrons. The minimum absolute atomic E-state index is 0.0559. The van der Waals surface area contributed by atoms with Gasteiger partial charge < -0.3 is 10.7 Å². The highest BCUT2D eigenvalue weighted by atomic mass is 14.9. The van der Waals surface area contributed by atoms with E-state index in [1.807, 2.05) is 13.1 Å². The second-order valence-electron chi connectivity index (χ2n) is 4.35. The highest BCUT2D eigenvalue weighted by molar-refractivity contribution is 5.60. The first-order valence-corrected chi connectivity index (χ1v) is 5.45. The quantitative estimate of drug-likeness (QED) is 0.809. The summed E-state index contributed by atoms with van der Waals surface area (Å²) in [5.74, 6) is 0.828. The molecular weight excluding hydrogens is 198 g/mol. The van der Waals surface area contributed by atoms with E-state index in [0.29, 0.717) is 0 Å². The molecule has 0 saturated heterocycles. The molecule has 0 amide bonds. The zero-order chi connectivity index (χ0) is 11.7. The Kier molecular flexibility index (Phi) is 2.79. The van der Waals surface area contributed by atoms with Gasteiger partial charge in [-0.15, -0.1) is 0 Å². The topological polar surface area (TPSA) is 54.7 Å². The second kappa shape index (κ2) is 4.10. The molecule has 1 atom stereocenters. The van der Waals surface area contributed by atoms with Crippen molar-refractivity contribution in [2.24, 2.45) is 5.73 Å². The maximum Gasteiger partial charge on any atom is 0.123 e. The van der Waals surface area contributed by atoms with Crippen molar-refractivity contribution in [3.05, 3.63) is 41.3 Å². The maximum atomic E-state index is 5.77.